The summed E-state index contributed by atoms with van der Waals surface area (Å²) in [7, 11) is 1.64. The van der Waals surface area contributed by atoms with Crippen molar-refractivity contribution in [3.63, 3.8) is 0 Å². The third-order valence-electron chi connectivity index (χ3n) is 3.66. The molecule has 2 N–H and O–H groups in total. The van der Waals surface area contributed by atoms with Crippen LogP contribution < -0.4 is 5.32 Å². The second-order valence-electron chi connectivity index (χ2n) is 5.49. The smallest absolute Gasteiger partial charge is 0.335 e. The number of rotatable bonds is 8. The molecular formula is C19H21NO4. The third kappa shape index (κ3) is 5.21. The molecule has 0 saturated heterocycles. The molecule has 0 unspecified atom stereocenters. The van der Waals surface area contributed by atoms with E-state index in [0.717, 1.165) is 11.1 Å². The van der Waals surface area contributed by atoms with Gasteiger partial charge in [0.2, 0.25) is 5.91 Å². The number of hydrogen-bond acceptors (Lipinski definition) is 3. The van der Waals surface area contributed by atoms with Crippen LogP contribution in [0.5, 0.6) is 0 Å². The first kappa shape index (κ1) is 17.7. The highest BCUT2D eigenvalue weighted by atomic mass is 16.5. The van der Waals surface area contributed by atoms with E-state index in [0.29, 0.717) is 25.1 Å². The van der Waals surface area contributed by atoms with Crippen LogP contribution in [0.2, 0.25) is 0 Å². The summed E-state index contributed by atoms with van der Waals surface area (Å²) < 4.78 is 5.09. The summed E-state index contributed by atoms with van der Waals surface area (Å²) in [4.78, 5) is 23.1. The van der Waals surface area contributed by atoms with Gasteiger partial charge < -0.3 is 15.2 Å². The molecule has 0 aromatic heterocycles. The first-order valence-corrected chi connectivity index (χ1v) is 7.75. The Morgan fingerprint density at radius 3 is 2.58 bits per heavy atom. The number of benzene rings is 2. The van der Waals surface area contributed by atoms with Gasteiger partial charge in [-0.3, -0.25) is 4.79 Å². The van der Waals surface area contributed by atoms with E-state index < -0.39 is 5.97 Å². The van der Waals surface area contributed by atoms with E-state index in [4.69, 9.17) is 9.84 Å². The van der Waals surface area contributed by atoms with Crippen molar-refractivity contribution in [1.82, 2.24) is 5.32 Å². The molecule has 0 spiro atoms. The van der Waals surface area contributed by atoms with Crippen molar-refractivity contribution < 1.29 is 19.4 Å². The van der Waals surface area contributed by atoms with Crippen molar-refractivity contribution in [2.45, 2.75) is 26.0 Å². The van der Waals surface area contributed by atoms with Crippen molar-refractivity contribution in [2.75, 3.05) is 7.11 Å². The predicted molar refractivity (Wildman–Crippen MR) is 90.7 cm³/mol. The Bertz CT molecular complexity index is 712. The Morgan fingerprint density at radius 2 is 1.83 bits per heavy atom. The van der Waals surface area contributed by atoms with Crippen LogP contribution >= 0.6 is 0 Å². The molecule has 2 rings (SSSR count). The number of hydrogen-bond donors (Lipinski definition) is 2. The molecule has 5 nitrogen and oxygen atoms in total. The first-order chi connectivity index (χ1) is 11.6. The minimum absolute atomic E-state index is 0.104. The summed E-state index contributed by atoms with van der Waals surface area (Å²) in [5, 5.41) is 12.0. The number of carbonyl (C=O) groups excluding carboxylic acids is 1. The number of ether oxygens (including phenoxy) is 1. The quantitative estimate of drug-likeness (QED) is 0.782. The number of aryl methyl sites for hydroxylation is 1. The van der Waals surface area contributed by atoms with Crippen LogP contribution in [-0.2, 0) is 29.1 Å². The molecule has 0 atom stereocenters. The number of nitrogens with one attached hydrogen (secondary N) is 1. The maximum Gasteiger partial charge on any atom is 0.335 e. The summed E-state index contributed by atoms with van der Waals surface area (Å²) in [6.07, 6.45) is 0.653. The van der Waals surface area contributed by atoms with Gasteiger partial charge in [0.25, 0.3) is 0 Å². The zero-order chi connectivity index (χ0) is 17.4. The maximum absolute atomic E-state index is 12.0. The number of amides is 1. The van der Waals surface area contributed by atoms with E-state index in [2.05, 4.69) is 5.32 Å². The van der Waals surface area contributed by atoms with Gasteiger partial charge in [0.05, 0.1) is 12.2 Å². The van der Waals surface area contributed by atoms with Crippen molar-refractivity contribution in [3.05, 3.63) is 70.8 Å². The number of carbonyl (C=O) groups is 2. The number of methoxy groups -OCH3 is 1. The zero-order valence-corrected chi connectivity index (χ0v) is 13.6. The molecule has 0 bridgehead atoms. The van der Waals surface area contributed by atoms with Crippen LogP contribution in [0, 0.1) is 0 Å². The van der Waals surface area contributed by atoms with E-state index in [1.807, 2.05) is 24.3 Å². The predicted octanol–water partition coefficient (Wildman–Crippen LogP) is 2.78. The van der Waals surface area contributed by atoms with Crippen molar-refractivity contribution in [2.24, 2.45) is 0 Å². The third-order valence-corrected chi connectivity index (χ3v) is 3.66. The van der Waals surface area contributed by atoms with Crippen molar-refractivity contribution in [3.8, 4) is 0 Å². The number of carboxylic acid groups (broad SMARTS) is 1. The second-order valence-corrected chi connectivity index (χ2v) is 5.49. The molecule has 0 heterocycles. The molecule has 5 heteroatoms. The molecule has 0 saturated carbocycles. The van der Waals surface area contributed by atoms with Gasteiger partial charge in [0.1, 0.15) is 0 Å². The van der Waals surface area contributed by atoms with Gasteiger partial charge in [-0.25, -0.2) is 4.79 Å². The fourth-order valence-corrected chi connectivity index (χ4v) is 2.48. The van der Waals surface area contributed by atoms with Crippen LogP contribution in [0.3, 0.4) is 0 Å². The lowest BCUT2D eigenvalue weighted by Gasteiger charge is -2.08. The SMILES string of the molecule is COCc1cccc(CNC(=O)CCc2ccccc2C(=O)O)c1. The molecule has 24 heavy (non-hydrogen) atoms. The standard InChI is InChI=1S/C19H21NO4/c1-24-13-15-6-4-5-14(11-15)12-20-18(21)10-9-16-7-2-3-8-17(16)19(22)23/h2-8,11H,9-10,12-13H2,1H3,(H,20,21)(H,22,23). The average molecular weight is 327 g/mol. The molecule has 0 aliphatic heterocycles. The Labute approximate surface area is 141 Å². The minimum Gasteiger partial charge on any atom is -0.478 e. The van der Waals surface area contributed by atoms with E-state index in [1.54, 1.807) is 31.4 Å². The van der Waals surface area contributed by atoms with Gasteiger partial charge in [0, 0.05) is 20.1 Å². The van der Waals surface area contributed by atoms with E-state index in [9.17, 15) is 9.59 Å². The monoisotopic (exact) mass is 327 g/mol. The summed E-state index contributed by atoms with van der Waals surface area (Å²) in [5.74, 6) is -1.08. The fourth-order valence-electron chi connectivity index (χ4n) is 2.48. The van der Waals surface area contributed by atoms with Crippen molar-refractivity contribution >= 4 is 11.9 Å². The lowest BCUT2D eigenvalue weighted by atomic mass is 10.0. The van der Waals surface area contributed by atoms with E-state index >= 15 is 0 Å². The fraction of sp³-hybridized carbons (Fsp3) is 0.263. The molecule has 126 valence electrons. The van der Waals surface area contributed by atoms with E-state index in [-0.39, 0.29) is 17.9 Å². The minimum atomic E-state index is -0.971. The van der Waals surface area contributed by atoms with Gasteiger partial charge in [-0.15, -0.1) is 0 Å². The molecule has 0 radical (unpaired) electrons. The van der Waals surface area contributed by atoms with Gasteiger partial charge in [-0.2, -0.15) is 0 Å². The molecule has 2 aromatic rings. The number of aromatic carboxylic acids is 1. The van der Waals surface area contributed by atoms with Crippen LogP contribution in [0.25, 0.3) is 0 Å². The topological polar surface area (TPSA) is 75.6 Å². The molecule has 2 aromatic carbocycles. The van der Waals surface area contributed by atoms with E-state index in [1.165, 1.54) is 0 Å². The van der Waals surface area contributed by atoms with Crippen LogP contribution in [0.15, 0.2) is 48.5 Å². The van der Waals surface area contributed by atoms with Gasteiger partial charge in [-0.05, 0) is 29.2 Å². The molecule has 0 aliphatic rings. The normalized spacial score (nSPS) is 10.4. The average Bonchev–Trinajstić information content (AvgIpc) is 2.59. The highest BCUT2D eigenvalue weighted by Crippen LogP contribution is 2.11. The van der Waals surface area contributed by atoms with Crippen molar-refractivity contribution in [1.29, 1.82) is 0 Å². The van der Waals surface area contributed by atoms with Gasteiger partial charge >= 0.3 is 5.97 Å². The van der Waals surface area contributed by atoms with Crippen LogP contribution in [0.4, 0.5) is 0 Å². The summed E-state index contributed by atoms with van der Waals surface area (Å²) in [6.45, 7) is 0.977. The largest absolute Gasteiger partial charge is 0.478 e. The Kier molecular flexibility index (Phi) is 6.51. The lowest BCUT2D eigenvalue weighted by molar-refractivity contribution is -0.121. The summed E-state index contributed by atoms with van der Waals surface area (Å²) in [6, 6.07) is 14.6. The Morgan fingerprint density at radius 1 is 1.08 bits per heavy atom. The van der Waals surface area contributed by atoms with Gasteiger partial charge in [0.15, 0.2) is 0 Å². The first-order valence-electron chi connectivity index (χ1n) is 7.75. The summed E-state index contributed by atoms with van der Waals surface area (Å²) >= 11 is 0. The molecular weight excluding hydrogens is 306 g/mol. The Hall–Kier alpha value is -2.66. The number of carboxylic acids is 1. The second kappa shape index (κ2) is 8.84. The highest BCUT2D eigenvalue weighted by Gasteiger charge is 2.10. The molecule has 0 aliphatic carbocycles. The lowest BCUT2D eigenvalue weighted by Crippen LogP contribution is -2.23. The van der Waals surface area contributed by atoms with Gasteiger partial charge in [-0.1, -0.05) is 42.5 Å². The zero-order valence-electron chi connectivity index (χ0n) is 13.6. The molecule has 1 amide bonds. The summed E-state index contributed by atoms with van der Waals surface area (Å²) in [5.41, 5.74) is 2.98. The Balaban J connectivity index is 1.86. The maximum atomic E-state index is 12.0. The van der Waals surface area contributed by atoms with Crippen LogP contribution in [-0.4, -0.2) is 24.1 Å². The van der Waals surface area contributed by atoms with Crippen LogP contribution in [0.1, 0.15) is 33.5 Å². The highest BCUT2D eigenvalue weighted by molar-refractivity contribution is 5.89. The molecule has 0 fully saturated rings.